The molecule has 1 heterocycles. The van der Waals surface area contributed by atoms with Crippen LogP contribution in [0.5, 0.6) is 0 Å². The Morgan fingerprint density at radius 2 is 1.80 bits per heavy atom. The van der Waals surface area contributed by atoms with Crippen LogP contribution in [0.15, 0.2) is 24.3 Å². The van der Waals surface area contributed by atoms with Crippen molar-refractivity contribution in [3.63, 3.8) is 0 Å². The summed E-state index contributed by atoms with van der Waals surface area (Å²) in [6.45, 7) is 4.73. The molecule has 82 valence electrons. The monoisotopic (exact) mass is 223 g/mol. The predicted octanol–water partition coefficient (Wildman–Crippen LogP) is 3.66. The Labute approximate surface area is 97.0 Å². The normalized spacial score (nSPS) is 18.1. The zero-order chi connectivity index (χ0) is 10.7. The summed E-state index contributed by atoms with van der Waals surface area (Å²) in [4.78, 5) is 2.47. The van der Waals surface area contributed by atoms with Crippen LogP contribution in [0.2, 0.25) is 0 Å². The lowest BCUT2D eigenvalue weighted by Gasteiger charge is -2.32. The highest BCUT2D eigenvalue weighted by atomic mass is 35.5. The van der Waals surface area contributed by atoms with Crippen molar-refractivity contribution in [2.45, 2.75) is 25.6 Å². The summed E-state index contributed by atoms with van der Waals surface area (Å²) in [6.07, 6.45) is 2.63. The van der Waals surface area contributed by atoms with Gasteiger partial charge in [-0.1, -0.05) is 19.1 Å². The second kappa shape index (κ2) is 4.89. The Bertz CT molecular complexity index is 299. The Kier molecular flexibility index (Phi) is 3.53. The summed E-state index contributed by atoms with van der Waals surface area (Å²) in [5.74, 6) is 1.50. The maximum absolute atomic E-state index is 5.77. The topological polar surface area (TPSA) is 3.24 Å². The first-order chi connectivity index (χ1) is 7.29. The molecule has 0 aromatic heterocycles. The zero-order valence-corrected chi connectivity index (χ0v) is 10.0. The van der Waals surface area contributed by atoms with Gasteiger partial charge in [-0.15, -0.1) is 11.6 Å². The maximum atomic E-state index is 5.77. The van der Waals surface area contributed by atoms with Crippen molar-refractivity contribution in [2.24, 2.45) is 5.92 Å². The van der Waals surface area contributed by atoms with Crippen LogP contribution in [-0.2, 0) is 5.88 Å². The first-order valence-corrected chi connectivity index (χ1v) is 6.23. The van der Waals surface area contributed by atoms with E-state index in [0.29, 0.717) is 5.88 Å². The summed E-state index contributed by atoms with van der Waals surface area (Å²) >= 11 is 5.77. The van der Waals surface area contributed by atoms with Crippen LogP contribution < -0.4 is 4.90 Å². The highest BCUT2D eigenvalue weighted by molar-refractivity contribution is 6.17. The van der Waals surface area contributed by atoms with Crippen LogP contribution in [0.1, 0.15) is 25.3 Å². The second-order valence-corrected chi connectivity index (χ2v) is 4.74. The minimum absolute atomic E-state index is 0.608. The number of halogens is 1. The zero-order valence-electron chi connectivity index (χ0n) is 9.25. The third kappa shape index (κ3) is 2.66. The van der Waals surface area contributed by atoms with Gasteiger partial charge in [-0.3, -0.25) is 0 Å². The molecule has 2 heteroatoms. The van der Waals surface area contributed by atoms with Crippen molar-refractivity contribution in [3.8, 4) is 0 Å². The Hall–Kier alpha value is -0.690. The molecule has 1 fully saturated rings. The van der Waals surface area contributed by atoms with Crippen molar-refractivity contribution in [1.29, 1.82) is 0 Å². The number of rotatable bonds is 2. The molecule has 1 nitrogen and oxygen atoms in total. The summed E-state index contributed by atoms with van der Waals surface area (Å²) in [6, 6.07) is 8.63. The molecule has 0 saturated carbocycles. The van der Waals surface area contributed by atoms with E-state index in [-0.39, 0.29) is 0 Å². The van der Waals surface area contributed by atoms with Gasteiger partial charge in [0.1, 0.15) is 0 Å². The van der Waals surface area contributed by atoms with Gasteiger partial charge in [0.15, 0.2) is 0 Å². The number of hydrogen-bond acceptors (Lipinski definition) is 1. The summed E-state index contributed by atoms with van der Waals surface area (Å²) in [5.41, 5.74) is 2.54. The molecule has 0 amide bonds. The van der Waals surface area contributed by atoms with E-state index in [0.717, 1.165) is 5.92 Å². The van der Waals surface area contributed by atoms with Crippen LogP contribution in [-0.4, -0.2) is 13.1 Å². The molecule has 1 aliphatic rings. The van der Waals surface area contributed by atoms with Crippen molar-refractivity contribution in [1.82, 2.24) is 0 Å². The van der Waals surface area contributed by atoms with Crippen LogP contribution in [0, 0.1) is 5.92 Å². The van der Waals surface area contributed by atoms with Gasteiger partial charge in [0, 0.05) is 24.7 Å². The van der Waals surface area contributed by atoms with Crippen LogP contribution in [0.25, 0.3) is 0 Å². The molecular weight excluding hydrogens is 206 g/mol. The van der Waals surface area contributed by atoms with Gasteiger partial charge in [0.05, 0.1) is 0 Å². The molecule has 0 radical (unpaired) electrons. The van der Waals surface area contributed by atoms with E-state index in [1.54, 1.807) is 0 Å². The second-order valence-electron chi connectivity index (χ2n) is 4.47. The molecule has 0 bridgehead atoms. The van der Waals surface area contributed by atoms with Crippen molar-refractivity contribution in [3.05, 3.63) is 29.8 Å². The highest BCUT2D eigenvalue weighted by Gasteiger charge is 2.15. The summed E-state index contributed by atoms with van der Waals surface area (Å²) < 4.78 is 0. The molecule has 1 aromatic rings. The van der Waals surface area contributed by atoms with E-state index in [1.165, 1.54) is 37.2 Å². The third-order valence-corrected chi connectivity index (χ3v) is 3.55. The SMILES string of the molecule is CC1CCN(c2ccc(CCl)cc2)CC1. The van der Waals surface area contributed by atoms with Gasteiger partial charge in [-0.25, -0.2) is 0 Å². The fraction of sp³-hybridized carbons (Fsp3) is 0.538. The molecule has 0 atom stereocenters. The van der Waals surface area contributed by atoms with Crippen molar-refractivity contribution in [2.75, 3.05) is 18.0 Å². The summed E-state index contributed by atoms with van der Waals surface area (Å²) in [5, 5.41) is 0. The number of hydrogen-bond donors (Lipinski definition) is 0. The Morgan fingerprint density at radius 1 is 1.20 bits per heavy atom. The molecule has 0 aliphatic carbocycles. The molecule has 1 aliphatic heterocycles. The first kappa shape index (κ1) is 10.8. The van der Waals surface area contributed by atoms with E-state index in [4.69, 9.17) is 11.6 Å². The third-order valence-electron chi connectivity index (χ3n) is 3.24. The molecular formula is C13H18ClN. The average Bonchev–Trinajstić information content (AvgIpc) is 2.30. The van der Waals surface area contributed by atoms with Gasteiger partial charge < -0.3 is 4.90 Å². The maximum Gasteiger partial charge on any atom is 0.0474 e. The van der Waals surface area contributed by atoms with E-state index >= 15 is 0 Å². The molecule has 1 aromatic carbocycles. The molecule has 0 N–H and O–H groups in total. The Balaban J connectivity index is 2.03. The number of piperidine rings is 1. The van der Waals surface area contributed by atoms with Gasteiger partial charge in [0.25, 0.3) is 0 Å². The Morgan fingerprint density at radius 3 is 2.33 bits per heavy atom. The number of benzene rings is 1. The number of anilines is 1. The molecule has 2 rings (SSSR count). The quantitative estimate of drug-likeness (QED) is 0.692. The van der Waals surface area contributed by atoms with E-state index < -0.39 is 0 Å². The minimum Gasteiger partial charge on any atom is -0.372 e. The number of nitrogens with zero attached hydrogens (tertiary/aromatic N) is 1. The smallest absolute Gasteiger partial charge is 0.0474 e. The van der Waals surface area contributed by atoms with Gasteiger partial charge >= 0.3 is 0 Å². The molecule has 0 unspecified atom stereocenters. The standard InChI is InChI=1S/C13H18ClN/c1-11-6-8-15(9-7-11)13-4-2-12(10-14)3-5-13/h2-5,11H,6-10H2,1H3. The average molecular weight is 224 g/mol. The lowest BCUT2D eigenvalue weighted by atomic mass is 9.99. The lowest BCUT2D eigenvalue weighted by molar-refractivity contribution is 0.438. The van der Waals surface area contributed by atoms with Gasteiger partial charge in [-0.2, -0.15) is 0 Å². The van der Waals surface area contributed by atoms with Gasteiger partial charge in [0.2, 0.25) is 0 Å². The van der Waals surface area contributed by atoms with Gasteiger partial charge in [-0.05, 0) is 36.5 Å². The lowest BCUT2D eigenvalue weighted by Crippen LogP contribution is -2.32. The van der Waals surface area contributed by atoms with Crippen LogP contribution >= 0.6 is 11.6 Å². The van der Waals surface area contributed by atoms with E-state index in [9.17, 15) is 0 Å². The first-order valence-electron chi connectivity index (χ1n) is 5.69. The van der Waals surface area contributed by atoms with Crippen molar-refractivity contribution >= 4 is 17.3 Å². The van der Waals surface area contributed by atoms with Crippen LogP contribution in [0.3, 0.4) is 0 Å². The van der Waals surface area contributed by atoms with Crippen LogP contribution in [0.4, 0.5) is 5.69 Å². The van der Waals surface area contributed by atoms with Crippen molar-refractivity contribution < 1.29 is 0 Å². The number of alkyl halides is 1. The van der Waals surface area contributed by atoms with E-state index in [2.05, 4.69) is 36.1 Å². The van der Waals surface area contributed by atoms with E-state index in [1.807, 2.05) is 0 Å². The minimum atomic E-state index is 0.608. The largest absolute Gasteiger partial charge is 0.372 e. The fourth-order valence-electron chi connectivity index (χ4n) is 2.06. The summed E-state index contributed by atoms with van der Waals surface area (Å²) in [7, 11) is 0. The molecule has 1 saturated heterocycles. The molecule has 15 heavy (non-hydrogen) atoms. The molecule has 0 spiro atoms. The predicted molar refractivity (Wildman–Crippen MR) is 66.6 cm³/mol. The highest BCUT2D eigenvalue weighted by Crippen LogP contribution is 2.23. The fourth-order valence-corrected chi connectivity index (χ4v) is 2.24.